The van der Waals surface area contributed by atoms with Gasteiger partial charge in [-0.15, -0.1) is 0 Å². The molecule has 1 aliphatic rings. The third kappa shape index (κ3) is 3.72. The number of carbonyl (C=O) groups is 1. The Morgan fingerprint density at radius 3 is 2.71 bits per heavy atom. The molecule has 7 nitrogen and oxygen atoms in total. The van der Waals surface area contributed by atoms with Gasteiger partial charge in [0.25, 0.3) is 11.8 Å². The summed E-state index contributed by atoms with van der Waals surface area (Å²) in [5.41, 5.74) is -1.04. The lowest BCUT2D eigenvalue weighted by Crippen LogP contribution is -2.34. The lowest BCUT2D eigenvalue weighted by atomic mass is 10.1. The highest BCUT2D eigenvalue weighted by Crippen LogP contribution is 2.34. The smallest absolute Gasteiger partial charge is 0.276 e. The van der Waals surface area contributed by atoms with Crippen molar-refractivity contribution in [3.8, 4) is 5.75 Å². The van der Waals surface area contributed by atoms with E-state index in [0.29, 0.717) is 6.92 Å². The summed E-state index contributed by atoms with van der Waals surface area (Å²) in [7, 11) is -2.45. The fraction of sp³-hybridized carbons (Fsp3) is 0.353. The molecule has 0 spiro atoms. The number of aryl methyl sites for hydroxylation is 1. The number of nitrogens with one attached hydrogen (secondary N) is 2. The van der Waals surface area contributed by atoms with Gasteiger partial charge in [0.1, 0.15) is 17.3 Å². The van der Waals surface area contributed by atoms with Crippen LogP contribution < -0.4 is 14.8 Å². The van der Waals surface area contributed by atoms with Gasteiger partial charge < -0.3 is 14.6 Å². The van der Waals surface area contributed by atoms with Gasteiger partial charge in [0.15, 0.2) is 11.4 Å². The number of anilines is 1. The van der Waals surface area contributed by atoms with Crippen molar-refractivity contribution in [1.29, 1.82) is 0 Å². The van der Waals surface area contributed by atoms with Crippen molar-refractivity contribution < 1.29 is 31.1 Å². The van der Waals surface area contributed by atoms with E-state index in [9.17, 15) is 26.4 Å². The molecule has 1 atom stereocenters. The molecule has 152 valence electrons. The molecule has 1 aliphatic heterocycles. The fourth-order valence-corrected chi connectivity index (χ4v) is 4.29. The number of ether oxygens (including phenoxy) is 1. The Bertz CT molecular complexity index is 1040. The number of hydrogen-bond donors (Lipinski definition) is 2. The Labute approximate surface area is 159 Å². The van der Waals surface area contributed by atoms with Crippen molar-refractivity contribution in [2.75, 3.05) is 11.9 Å². The summed E-state index contributed by atoms with van der Waals surface area (Å²) in [4.78, 5) is 12.5. The fourth-order valence-electron chi connectivity index (χ4n) is 2.87. The van der Waals surface area contributed by atoms with Gasteiger partial charge in [-0.1, -0.05) is 0 Å². The summed E-state index contributed by atoms with van der Waals surface area (Å²) in [6.45, 7) is 2.15. The zero-order valence-corrected chi connectivity index (χ0v) is 16.0. The number of carbonyl (C=O) groups excluding carboxylic acids is 1. The van der Waals surface area contributed by atoms with Crippen molar-refractivity contribution in [2.24, 2.45) is 7.05 Å². The summed E-state index contributed by atoms with van der Waals surface area (Å²) >= 11 is 0. The number of benzene rings is 1. The zero-order chi connectivity index (χ0) is 20.9. The summed E-state index contributed by atoms with van der Waals surface area (Å²) < 4.78 is 74.6. The van der Waals surface area contributed by atoms with Crippen molar-refractivity contribution in [1.82, 2.24) is 9.29 Å². The van der Waals surface area contributed by atoms with E-state index < -0.39 is 39.3 Å². The third-order valence-electron chi connectivity index (χ3n) is 4.14. The molecule has 11 heteroatoms. The van der Waals surface area contributed by atoms with Crippen molar-refractivity contribution in [2.45, 2.75) is 30.7 Å². The van der Waals surface area contributed by atoms with Crippen LogP contribution in [0.3, 0.4) is 0 Å². The summed E-state index contributed by atoms with van der Waals surface area (Å²) in [5.74, 6) is -5.47. The van der Waals surface area contributed by atoms with E-state index in [0.717, 1.165) is 18.2 Å². The average Bonchev–Trinajstić information content (AvgIpc) is 2.85. The number of alkyl halides is 2. The van der Waals surface area contributed by atoms with Crippen LogP contribution in [0.2, 0.25) is 0 Å². The number of fused-ring (bicyclic) bond motifs is 1. The quantitative estimate of drug-likeness (QED) is 0.804. The van der Waals surface area contributed by atoms with Crippen LogP contribution in [0.4, 0.5) is 18.9 Å². The molecular weight excluding hydrogens is 399 g/mol. The molecule has 1 amide bonds. The molecule has 1 aromatic heterocycles. The second-order valence-electron chi connectivity index (χ2n) is 6.65. The van der Waals surface area contributed by atoms with E-state index >= 15 is 0 Å². The molecule has 2 N–H and O–H groups in total. The van der Waals surface area contributed by atoms with E-state index in [2.05, 4.69) is 10.0 Å². The van der Waals surface area contributed by atoms with Gasteiger partial charge in [0, 0.05) is 25.9 Å². The van der Waals surface area contributed by atoms with Gasteiger partial charge >= 0.3 is 0 Å². The van der Waals surface area contributed by atoms with Crippen LogP contribution in [0.15, 0.2) is 29.3 Å². The molecular formula is C17H18F3N3O4S. The number of rotatable bonds is 3. The molecule has 1 aromatic carbocycles. The first-order valence-corrected chi connectivity index (χ1v) is 9.72. The minimum atomic E-state index is -3.89. The monoisotopic (exact) mass is 417 g/mol. The molecule has 0 unspecified atom stereocenters. The molecule has 0 radical (unpaired) electrons. The molecule has 28 heavy (non-hydrogen) atoms. The van der Waals surface area contributed by atoms with E-state index in [1.807, 2.05) is 0 Å². The zero-order valence-electron chi connectivity index (χ0n) is 15.2. The molecule has 0 saturated carbocycles. The number of nitrogens with zero attached hydrogens (tertiary/aromatic N) is 1. The lowest BCUT2D eigenvalue weighted by Gasteiger charge is -2.14. The normalized spacial score (nSPS) is 18.7. The Hall–Kier alpha value is -2.53. The number of amides is 1. The number of hydrogen-bond acceptors (Lipinski definition) is 4. The second-order valence-corrected chi connectivity index (χ2v) is 8.33. The molecule has 0 fully saturated rings. The van der Waals surface area contributed by atoms with Crippen LogP contribution in [0, 0.1) is 5.82 Å². The van der Waals surface area contributed by atoms with Crippen molar-refractivity contribution in [3.63, 3.8) is 0 Å². The van der Waals surface area contributed by atoms with E-state index in [4.69, 9.17) is 4.74 Å². The highest BCUT2D eigenvalue weighted by Gasteiger charge is 2.34. The van der Waals surface area contributed by atoms with Gasteiger partial charge in [-0.25, -0.2) is 26.3 Å². The number of sulfonamides is 1. The summed E-state index contributed by atoms with van der Waals surface area (Å²) in [5, 5.41) is 2.38. The maximum Gasteiger partial charge on any atom is 0.276 e. The second kappa shape index (κ2) is 6.82. The minimum absolute atomic E-state index is 0.000717. The molecule has 2 heterocycles. The Balaban J connectivity index is 1.99. The molecule has 0 aliphatic carbocycles. The lowest BCUT2D eigenvalue weighted by molar-refractivity contribution is 0.0138. The number of aromatic nitrogens is 1. The third-order valence-corrected chi connectivity index (χ3v) is 5.72. The van der Waals surface area contributed by atoms with Crippen LogP contribution >= 0.6 is 0 Å². The maximum absolute atomic E-state index is 13.6. The van der Waals surface area contributed by atoms with E-state index in [1.54, 1.807) is 6.92 Å². The van der Waals surface area contributed by atoms with Gasteiger partial charge in [-0.05, 0) is 25.1 Å². The molecule has 0 saturated heterocycles. The Morgan fingerprint density at radius 2 is 2.07 bits per heavy atom. The van der Waals surface area contributed by atoms with Crippen LogP contribution in [0.5, 0.6) is 5.75 Å². The summed E-state index contributed by atoms with van der Waals surface area (Å²) in [6.07, 6.45) is 1.22. The van der Waals surface area contributed by atoms with Crippen LogP contribution in [-0.4, -0.2) is 31.5 Å². The summed E-state index contributed by atoms with van der Waals surface area (Å²) in [6, 6.07) is 2.27. The molecule has 2 aromatic rings. The van der Waals surface area contributed by atoms with Crippen molar-refractivity contribution >= 4 is 21.6 Å². The average molecular weight is 417 g/mol. The SMILES string of the molecule is C[C@H]1COc2c(cn(C)c2C(=O)Nc2ccc(F)c(C(C)(F)F)c2)S(=O)(=O)N1. The van der Waals surface area contributed by atoms with Gasteiger partial charge in [-0.3, -0.25) is 4.79 Å². The highest BCUT2D eigenvalue weighted by atomic mass is 32.2. The first-order chi connectivity index (χ1) is 12.9. The predicted octanol–water partition coefficient (Wildman–Crippen LogP) is 2.59. The van der Waals surface area contributed by atoms with E-state index in [-0.39, 0.29) is 28.6 Å². The Morgan fingerprint density at radius 1 is 1.39 bits per heavy atom. The van der Waals surface area contributed by atoms with Gasteiger partial charge in [0.2, 0.25) is 10.0 Å². The van der Waals surface area contributed by atoms with Gasteiger partial charge in [0.05, 0.1) is 11.6 Å². The minimum Gasteiger partial charge on any atom is -0.488 e. The highest BCUT2D eigenvalue weighted by molar-refractivity contribution is 7.89. The molecule has 0 bridgehead atoms. The predicted molar refractivity (Wildman–Crippen MR) is 94.6 cm³/mol. The first-order valence-electron chi connectivity index (χ1n) is 8.24. The van der Waals surface area contributed by atoms with Crippen LogP contribution in [0.1, 0.15) is 29.9 Å². The van der Waals surface area contributed by atoms with E-state index in [1.165, 1.54) is 17.8 Å². The topological polar surface area (TPSA) is 89.4 Å². The first kappa shape index (κ1) is 20.2. The Kier molecular flexibility index (Phi) is 4.92. The van der Waals surface area contributed by atoms with Crippen LogP contribution in [-0.2, 0) is 23.0 Å². The maximum atomic E-state index is 13.6. The van der Waals surface area contributed by atoms with Crippen LogP contribution in [0.25, 0.3) is 0 Å². The molecule has 3 rings (SSSR count). The standard InChI is InChI=1S/C17H18F3N3O4S/c1-9-8-27-15-13(28(25,26)22-9)7-23(3)14(15)16(24)21-10-4-5-12(18)11(6-10)17(2,19)20/h4-7,9,22H,8H2,1-3H3,(H,21,24)/t9-/m0/s1. The number of halogens is 3. The van der Waals surface area contributed by atoms with Crippen molar-refractivity contribution in [3.05, 3.63) is 41.5 Å². The largest absolute Gasteiger partial charge is 0.488 e. The van der Waals surface area contributed by atoms with Gasteiger partial charge in [-0.2, -0.15) is 0 Å².